The maximum Gasteiger partial charge on any atom is 0.432 e. The predicted molar refractivity (Wildman–Crippen MR) is 182 cm³/mol. The quantitative estimate of drug-likeness (QED) is 0.0981. The van der Waals surface area contributed by atoms with Gasteiger partial charge in [0.05, 0.1) is 25.6 Å². The van der Waals surface area contributed by atoms with Gasteiger partial charge >= 0.3 is 6.18 Å². The van der Waals surface area contributed by atoms with Crippen molar-refractivity contribution in [3.8, 4) is 5.75 Å². The molecular weight excluding hydrogens is 661 g/mol. The Kier molecular flexibility index (Phi) is 15.1. The molecule has 0 unspecified atom stereocenters. The van der Waals surface area contributed by atoms with Crippen LogP contribution in [0.5, 0.6) is 5.75 Å². The lowest BCUT2D eigenvalue weighted by atomic mass is 10.1. The van der Waals surface area contributed by atoms with Crippen LogP contribution >= 0.6 is 36.9 Å². The molecule has 2 N–H and O–H groups in total. The number of rotatable bonds is 18. The zero-order valence-corrected chi connectivity index (χ0v) is 28.2. The highest BCUT2D eigenvalue weighted by atomic mass is 35.5. The SMILES string of the molecule is COc1ccc2c(c1)c(CC(=O)NCCCCCCCN(CCS)CC(=O)NCCS)c(C(F)(F)F)n2C(=O)c1ccc(Cl)cc1. The van der Waals surface area contributed by atoms with Crippen molar-refractivity contribution in [2.24, 2.45) is 0 Å². The maximum atomic E-state index is 14.6. The molecule has 0 radical (unpaired) electrons. The molecule has 3 aromatic rings. The molecule has 0 saturated heterocycles. The number of nitrogens with one attached hydrogen (secondary N) is 2. The van der Waals surface area contributed by atoms with E-state index in [1.54, 1.807) is 0 Å². The number of hydrogen-bond acceptors (Lipinski definition) is 7. The Bertz CT molecular complexity index is 1470. The van der Waals surface area contributed by atoms with Crippen molar-refractivity contribution >= 4 is 65.5 Å². The number of benzene rings is 2. The average molecular weight is 701 g/mol. The van der Waals surface area contributed by atoms with Gasteiger partial charge in [-0.05, 0) is 61.9 Å². The van der Waals surface area contributed by atoms with Gasteiger partial charge in [0.2, 0.25) is 11.8 Å². The molecule has 46 heavy (non-hydrogen) atoms. The first-order valence-electron chi connectivity index (χ1n) is 15.1. The van der Waals surface area contributed by atoms with Gasteiger partial charge in [0.15, 0.2) is 0 Å². The van der Waals surface area contributed by atoms with E-state index in [1.807, 2.05) is 0 Å². The molecule has 0 atom stereocenters. The summed E-state index contributed by atoms with van der Waals surface area (Å²) in [7, 11) is 1.39. The zero-order chi connectivity index (χ0) is 33.7. The van der Waals surface area contributed by atoms with Crippen LogP contribution in [0.25, 0.3) is 10.9 Å². The number of hydrogen-bond donors (Lipinski definition) is 4. The van der Waals surface area contributed by atoms with Crippen molar-refractivity contribution < 1.29 is 32.3 Å². The van der Waals surface area contributed by atoms with Crippen LogP contribution in [-0.2, 0) is 22.2 Å². The minimum absolute atomic E-state index is 0.0158. The number of ether oxygens (including phenoxy) is 1. The molecule has 2 aromatic carbocycles. The van der Waals surface area contributed by atoms with Gasteiger partial charge in [-0.1, -0.05) is 30.9 Å². The van der Waals surface area contributed by atoms with Crippen LogP contribution in [0.4, 0.5) is 13.2 Å². The molecule has 0 fully saturated rings. The summed E-state index contributed by atoms with van der Waals surface area (Å²) in [5, 5.41) is 5.99. The third-order valence-electron chi connectivity index (χ3n) is 7.37. The van der Waals surface area contributed by atoms with Gasteiger partial charge in [-0.25, -0.2) is 0 Å². The number of halogens is 4. The zero-order valence-electron chi connectivity index (χ0n) is 25.7. The molecule has 0 saturated carbocycles. The fourth-order valence-electron chi connectivity index (χ4n) is 5.18. The molecule has 252 valence electrons. The molecule has 1 aromatic heterocycles. The van der Waals surface area contributed by atoms with Crippen molar-refractivity contribution in [1.29, 1.82) is 0 Å². The normalized spacial score (nSPS) is 11.7. The van der Waals surface area contributed by atoms with Crippen LogP contribution in [0.1, 0.15) is 53.7 Å². The molecule has 0 aliphatic rings. The molecule has 3 rings (SSSR count). The molecule has 14 heteroatoms. The lowest BCUT2D eigenvalue weighted by Crippen LogP contribution is -2.39. The van der Waals surface area contributed by atoms with E-state index in [1.165, 1.54) is 49.6 Å². The van der Waals surface area contributed by atoms with E-state index in [2.05, 4.69) is 40.8 Å². The fraction of sp³-hybridized carbons (Fsp3) is 0.469. The van der Waals surface area contributed by atoms with Crippen LogP contribution in [0.15, 0.2) is 42.5 Å². The van der Waals surface area contributed by atoms with Crippen molar-refractivity contribution in [3.05, 3.63) is 64.3 Å². The minimum Gasteiger partial charge on any atom is -0.497 e. The lowest BCUT2D eigenvalue weighted by molar-refractivity contribution is -0.143. The highest BCUT2D eigenvalue weighted by Gasteiger charge is 2.41. The summed E-state index contributed by atoms with van der Waals surface area (Å²) in [4.78, 5) is 40.4. The predicted octanol–water partition coefficient (Wildman–Crippen LogP) is 5.90. The number of unbranched alkanes of at least 4 members (excludes halogenated alkanes) is 4. The van der Waals surface area contributed by atoms with Gasteiger partial charge in [-0.2, -0.15) is 38.4 Å². The smallest absolute Gasteiger partial charge is 0.432 e. The first kappa shape index (κ1) is 37.6. The average Bonchev–Trinajstić information content (AvgIpc) is 3.34. The third-order valence-corrected chi connectivity index (χ3v) is 8.05. The van der Waals surface area contributed by atoms with Gasteiger partial charge in [0.25, 0.3) is 5.91 Å². The van der Waals surface area contributed by atoms with Crippen LogP contribution in [0, 0.1) is 0 Å². The summed E-state index contributed by atoms with van der Waals surface area (Å²) < 4.78 is 49.6. The first-order chi connectivity index (χ1) is 22.0. The molecular formula is C32H40ClF3N4O4S2. The summed E-state index contributed by atoms with van der Waals surface area (Å²) in [6.07, 6.45) is -1.25. The molecule has 1 heterocycles. The van der Waals surface area contributed by atoms with Crippen molar-refractivity contribution in [1.82, 2.24) is 20.1 Å². The second-order valence-corrected chi connectivity index (χ2v) is 12.1. The number of carbonyl (C=O) groups is 3. The van der Waals surface area contributed by atoms with E-state index in [4.69, 9.17) is 16.3 Å². The third kappa shape index (κ3) is 10.9. The van der Waals surface area contributed by atoms with Crippen molar-refractivity contribution in [2.75, 3.05) is 51.3 Å². The van der Waals surface area contributed by atoms with E-state index in [0.717, 1.165) is 32.2 Å². The Morgan fingerprint density at radius 2 is 1.57 bits per heavy atom. The number of carbonyl (C=O) groups excluding carboxylic acids is 3. The molecule has 0 bridgehead atoms. The molecule has 0 spiro atoms. The van der Waals surface area contributed by atoms with Crippen LogP contribution in [0.2, 0.25) is 5.02 Å². The number of nitrogens with zero attached hydrogens (tertiary/aromatic N) is 2. The Hall–Kier alpha value is -2.87. The van der Waals surface area contributed by atoms with E-state index in [0.29, 0.717) is 59.4 Å². The van der Waals surface area contributed by atoms with Crippen molar-refractivity contribution in [2.45, 2.75) is 44.7 Å². The largest absolute Gasteiger partial charge is 0.497 e. The maximum absolute atomic E-state index is 14.6. The highest BCUT2D eigenvalue weighted by Crippen LogP contribution is 2.40. The Balaban J connectivity index is 1.62. The number of methoxy groups -OCH3 is 1. The second-order valence-electron chi connectivity index (χ2n) is 10.7. The lowest BCUT2D eigenvalue weighted by Gasteiger charge is -2.20. The molecule has 2 amide bonds. The van der Waals surface area contributed by atoms with Crippen molar-refractivity contribution in [3.63, 3.8) is 0 Å². The summed E-state index contributed by atoms with van der Waals surface area (Å²) in [5.41, 5.74) is -1.46. The number of thiol groups is 2. The fourth-order valence-corrected chi connectivity index (χ4v) is 5.70. The second kappa shape index (κ2) is 18.5. The van der Waals surface area contributed by atoms with Crippen LogP contribution in [-0.4, -0.2) is 78.5 Å². The first-order valence-corrected chi connectivity index (χ1v) is 16.7. The summed E-state index contributed by atoms with van der Waals surface area (Å²) >= 11 is 14.3. The number of alkyl halides is 3. The minimum atomic E-state index is -4.93. The highest BCUT2D eigenvalue weighted by molar-refractivity contribution is 7.80. The van der Waals surface area contributed by atoms with E-state index < -0.39 is 30.1 Å². The van der Waals surface area contributed by atoms with Gasteiger partial charge in [0, 0.05) is 52.7 Å². The number of amides is 2. The van der Waals surface area contributed by atoms with E-state index in [-0.39, 0.29) is 27.9 Å². The van der Waals surface area contributed by atoms with Crippen LogP contribution < -0.4 is 15.4 Å². The van der Waals surface area contributed by atoms with E-state index in [9.17, 15) is 27.6 Å². The molecule has 8 nitrogen and oxygen atoms in total. The van der Waals surface area contributed by atoms with Gasteiger partial charge < -0.3 is 15.4 Å². The summed E-state index contributed by atoms with van der Waals surface area (Å²) in [5.74, 6) is 0.0204. The molecule has 0 aliphatic heterocycles. The Morgan fingerprint density at radius 3 is 2.22 bits per heavy atom. The van der Waals surface area contributed by atoms with E-state index >= 15 is 0 Å². The van der Waals surface area contributed by atoms with Gasteiger partial charge in [-0.3, -0.25) is 23.9 Å². The Morgan fingerprint density at radius 1 is 0.891 bits per heavy atom. The number of aromatic nitrogens is 1. The monoisotopic (exact) mass is 700 g/mol. The standard InChI is InChI=1S/C32H40ClF3N4O4S2/c1-44-24-11-12-27-25(19-24)26(30(32(34,35)36)40(27)31(43)22-7-9-23(33)10-8-22)20-28(41)37-13-5-3-2-4-6-15-39(16-18-46)21-29(42)38-14-17-45/h7-12,19,45-46H,2-6,13-18,20-21H2,1H3,(H,37,41)(H,38,42). The van der Waals surface area contributed by atoms with Gasteiger partial charge in [0.1, 0.15) is 11.4 Å². The van der Waals surface area contributed by atoms with Crippen LogP contribution in [0.3, 0.4) is 0 Å². The molecule has 0 aliphatic carbocycles. The summed E-state index contributed by atoms with van der Waals surface area (Å²) in [6.45, 7) is 2.63. The van der Waals surface area contributed by atoms with Gasteiger partial charge in [-0.15, -0.1) is 0 Å². The topological polar surface area (TPSA) is 92.7 Å². The Labute approximate surface area is 283 Å². The number of fused-ring (bicyclic) bond motifs is 1. The summed E-state index contributed by atoms with van der Waals surface area (Å²) in [6, 6.07) is 9.83.